The van der Waals surface area contributed by atoms with Gasteiger partial charge >= 0.3 is 0 Å². The minimum Gasteiger partial charge on any atom is -0.396 e. The highest BCUT2D eigenvalue weighted by Crippen LogP contribution is 2.31. The Kier molecular flexibility index (Phi) is 4.50. The van der Waals surface area contributed by atoms with Crippen LogP contribution in [-0.2, 0) is 18.7 Å². The van der Waals surface area contributed by atoms with Crippen molar-refractivity contribution in [3.63, 3.8) is 0 Å². The lowest BCUT2D eigenvalue weighted by atomic mass is 10.2. The van der Waals surface area contributed by atoms with Crippen molar-refractivity contribution in [3.05, 3.63) is 21.4 Å². The molecule has 84 valence electrons. The normalized spacial score (nSPS) is 15.3. The van der Waals surface area contributed by atoms with Gasteiger partial charge in [0.1, 0.15) is 0 Å². The number of aryl methyl sites for hydroxylation is 1. The van der Waals surface area contributed by atoms with E-state index in [4.69, 9.17) is 5.11 Å². The molecule has 0 radical (unpaired) electrons. The Morgan fingerprint density at radius 3 is 3.20 bits per heavy atom. The van der Waals surface area contributed by atoms with Crippen LogP contribution in [0.2, 0.25) is 0 Å². The van der Waals surface area contributed by atoms with Crippen LogP contribution >= 0.6 is 23.1 Å². The van der Waals surface area contributed by atoms with Crippen molar-refractivity contribution < 1.29 is 5.11 Å². The Morgan fingerprint density at radius 1 is 1.47 bits per heavy atom. The summed E-state index contributed by atoms with van der Waals surface area (Å²) in [6.07, 6.45) is 2.10. The summed E-state index contributed by atoms with van der Waals surface area (Å²) < 4.78 is 0. The Balaban J connectivity index is 1.84. The molecular formula is C11H17NOS2. The zero-order valence-corrected chi connectivity index (χ0v) is 10.4. The van der Waals surface area contributed by atoms with Gasteiger partial charge < -0.3 is 10.4 Å². The summed E-state index contributed by atoms with van der Waals surface area (Å²) in [5, 5.41) is 12.0. The highest BCUT2D eigenvalue weighted by Gasteiger charge is 2.12. The molecule has 0 aromatic carbocycles. The van der Waals surface area contributed by atoms with Gasteiger partial charge in [-0.2, -0.15) is 11.8 Å². The first-order valence-electron chi connectivity index (χ1n) is 5.40. The summed E-state index contributed by atoms with van der Waals surface area (Å²) in [5.41, 5.74) is 1.55. The molecule has 1 aromatic heterocycles. The van der Waals surface area contributed by atoms with Crippen LogP contribution in [0.1, 0.15) is 21.7 Å². The first kappa shape index (κ1) is 11.5. The third-order valence-corrected chi connectivity index (χ3v) is 4.73. The second-order valence-corrected chi connectivity index (χ2v) is 6.04. The molecule has 1 aliphatic rings. The molecule has 4 heteroatoms. The molecule has 0 bridgehead atoms. The van der Waals surface area contributed by atoms with Crippen molar-refractivity contribution in [2.45, 2.75) is 25.1 Å². The highest BCUT2D eigenvalue weighted by atomic mass is 32.2. The van der Waals surface area contributed by atoms with E-state index in [9.17, 15) is 0 Å². The van der Waals surface area contributed by atoms with Crippen molar-refractivity contribution in [1.29, 1.82) is 0 Å². The van der Waals surface area contributed by atoms with Crippen LogP contribution in [0.3, 0.4) is 0 Å². The topological polar surface area (TPSA) is 32.3 Å². The molecule has 0 unspecified atom stereocenters. The molecule has 0 saturated heterocycles. The fourth-order valence-electron chi connectivity index (χ4n) is 1.71. The molecule has 15 heavy (non-hydrogen) atoms. The van der Waals surface area contributed by atoms with Crippen molar-refractivity contribution in [2.24, 2.45) is 0 Å². The maximum atomic E-state index is 8.66. The van der Waals surface area contributed by atoms with E-state index in [1.807, 2.05) is 23.1 Å². The van der Waals surface area contributed by atoms with Crippen LogP contribution in [0.15, 0.2) is 6.07 Å². The lowest BCUT2D eigenvalue weighted by molar-refractivity contribution is 0.286. The molecule has 0 fully saturated rings. The number of rotatable bonds is 5. The van der Waals surface area contributed by atoms with Crippen LogP contribution in [0.4, 0.5) is 0 Å². The molecule has 0 saturated carbocycles. The highest BCUT2D eigenvalue weighted by molar-refractivity contribution is 7.98. The van der Waals surface area contributed by atoms with E-state index in [-0.39, 0.29) is 6.61 Å². The van der Waals surface area contributed by atoms with Crippen LogP contribution in [0, 0.1) is 0 Å². The van der Waals surface area contributed by atoms with Gasteiger partial charge in [0.25, 0.3) is 0 Å². The van der Waals surface area contributed by atoms with Gasteiger partial charge in [0.05, 0.1) is 0 Å². The number of thiophene rings is 1. The number of nitrogens with one attached hydrogen (secondary N) is 1. The van der Waals surface area contributed by atoms with Gasteiger partial charge in [0, 0.05) is 28.7 Å². The quantitative estimate of drug-likeness (QED) is 0.776. The number of aliphatic hydroxyl groups is 1. The Morgan fingerprint density at radius 2 is 2.40 bits per heavy atom. The molecule has 2 rings (SSSR count). The van der Waals surface area contributed by atoms with Crippen LogP contribution in [0.25, 0.3) is 0 Å². The van der Waals surface area contributed by atoms with E-state index in [1.165, 1.54) is 22.8 Å². The number of hydrogen-bond acceptors (Lipinski definition) is 4. The molecule has 2 nitrogen and oxygen atoms in total. The van der Waals surface area contributed by atoms with E-state index in [2.05, 4.69) is 11.4 Å². The summed E-state index contributed by atoms with van der Waals surface area (Å²) in [6.45, 7) is 2.15. The molecule has 2 N–H and O–H groups in total. The Bertz CT molecular complexity index is 288. The molecule has 0 atom stereocenters. The fraction of sp³-hybridized carbons (Fsp3) is 0.636. The summed E-state index contributed by atoms with van der Waals surface area (Å²) in [5.74, 6) is 2.48. The summed E-state index contributed by atoms with van der Waals surface area (Å²) in [4.78, 5) is 3.04. The minimum atomic E-state index is 0.282. The van der Waals surface area contributed by atoms with Crippen LogP contribution < -0.4 is 5.32 Å². The first-order chi connectivity index (χ1) is 7.40. The van der Waals surface area contributed by atoms with Crippen molar-refractivity contribution in [3.8, 4) is 0 Å². The van der Waals surface area contributed by atoms with Gasteiger partial charge in [0.15, 0.2) is 0 Å². The zero-order chi connectivity index (χ0) is 10.5. The van der Waals surface area contributed by atoms with E-state index in [0.717, 1.165) is 19.5 Å². The lowest BCUT2D eigenvalue weighted by Gasteiger charge is -2.08. The summed E-state index contributed by atoms with van der Waals surface area (Å²) >= 11 is 3.99. The number of thioether (sulfide) groups is 1. The largest absolute Gasteiger partial charge is 0.396 e. The van der Waals surface area contributed by atoms with Gasteiger partial charge in [-0.05, 0) is 36.8 Å². The van der Waals surface area contributed by atoms with Crippen molar-refractivity contribution in [1.82, 2.24) is 5.32 Å². The lowest BCUT2D eigenvalue weighted by Crippen LogP contribution is -2.14. The molecule has 0 amide bonds. The standard InChI is InChI=1S/C11H17NOS2/c13-4-1-3-12-7-10-6-9-8-14-5-2-11(9)15-10/h6,12-13H,1-5,7-8H2. The van der Waals surface area contributed by atoms with Crippen molar-refractivity contribution in [2.75, 3.05) is 18.9 Å². The molecule has 1 aliphatic heterocycles. The van der Waals surface area contributed by atoms with E-state index in [0.29, 0.717) is 0 Å². The van der Waals surface area contributed by atoms with Crippen molar-refractivity contribution >= 4 is 23.1 Å². The fourth-order valence-corrected chi connectivity index (χ4v) is 4.06. The maximum Gasteiger partial charge on any atom is 0.0443 e. The molecule has 0 aliphatic carbocycles. The summed E-state index contributed by atoms with van der Waals surface area (Å²) in [6, 6.07) is 2.35. The molecule has 2 heterocycles. The first-order valence-corrected chi connectivity index (χ1v) is 7.37. The predicted molar refractivity (Wildman–Crippen MR) is 67.6 cm³/mol. The van der Waals surface area contributed by atoms with Gasteiger partial charge in [0.2, 0.25) is 0 Å². The van der Waals surface area contributed by atoms with Crippen LogP contribution in [-0.4, -0.2) is 24.0 Å². The number of hydrogen-bond donors (Lipinski definition) is 2. The smallest absolute Gasteiger partial charge is 0.0443 e. The van der Waals surface area contributed by atoms with Gasteiger partial charge in [-0.3, -0.25) is 0 Å². The average molecular weight is 243 g/mol. The zero-order valence-electron chi connectivity index (χ0n) is 8.79. The predicted octanol–water partition coefficient (Wildman–Crippen LogP) is 2.01. The Labute approximate surface area is 99.1 Å². The Hall–Kier alpha value is -0.0300. The van der Waals surface area contributed by atoms with E-state index >= 15 is 0 Å². The molecular weight excluding hydrogens is 226 g/mol. The number of fused-ring (bicyclic) bond motifs is 1. The average Bonchev–Trinajstić information content (AvgIpc) is 2.67. The third-order valence-electron chi connectivity index (χ3n) is 2.49. The second kappa shape index (κ2) is 5.89. The third kappa shape index (κ3) is 3.21. The molecule has 1 aromatic rings. The van der Waals surface area contributed by atoms with Gasteiger partial charge in [-0.1, -0.05) is 0 Å². The minimum absolute atomic E-state index is 0.282. The van der Waals surface area contributed by atoms with E-state index in [1.54, 1.807) is 10.4 Å². The van der Waals surface area contributed by atoms with Gasteiger partial charge in [-0.25, -0.2) is 0 Å². The van der Waals surface area contributed by atoms with Gasteiger partial charge in [-0.15, -0.1) is 11.3 Å². The second-order valence-electron chi connectivity index (χ2n) is 3.72. The van der Waals surface area contributed by atoms with E-state index < -0.39 is 0 Å². The maximum absolute atomic E-state index is 8.66. The SMILES string of the molecule is OCCCNCc1cc2c(s1)CCSC2. The summed E-state index contributed by atoms with van der Waals surface area (Å²) in [7, 11) is 0. The van der Waals surface area contributed by atoms with Crippen LogP contribution in [0.5, 0.6) is 0 Å². The monoisotopic (exact) mass is 243 g/mol. The number of aliphatic hydroxyl groups excluding tert-OH is 1. The molecule has 0 spiro atoms.